The molecule has 0 aliphatic carbocycles. The molecule has 0 bridgehead atoms. The predicted molar refractivity (Wildman–Crippen MR) is 56.7 cm³/mol. The van der Waals surface area contributed by atoms with Crippen molar-refractivity contribution in [2.24, 2.45) is 0 Å². The molecule has 0 unspecified atom stereocenters. The van der Waals surface area contributed by atoms with Crippen LogP contribution in [0.5, 0.6) is 0 Å². The van der Waals surface area contributed by atoms with E-state index in [1.165, 1.54) is 12.4 Å². The summed E-state index contributed by atoms with van der Waals surface area (Å²) in [6.45, 7) is 0. The lowest BCUT2D eigenvalue weighted by atomic mass is 10.3. The van der Waals surface area contributed by atoms with Gasteiger partial charge in [0.2, 0.25) is 0 Å². The first kappa shape index (κ1) is 9.86. The Morgan fingerprint density at radius 2 is 1.73 bits per heavy atom. The molecule has 15 heavy (non-hydrogen) atoms. The molecule has 5 heteroatoms. The lowest BCUT2D eigenvalue weighted by molar-refractivity contribution is 0.582. The van der Waals surface area contributed by atoms with Gasteiger partial charge in [0.15, 0.2) is 5.82 Å². The van der Waals surface area contributed by atoms with E-state index in [-0.39, 0.29) is 5.82 Å². The molecule has 0 aliphatic heterocycles. The highest BCUT2D eigenvalue weighted by atomic mass is 35.5. The summed E-state index contributed by atoms with van der Waals surface area (Å²) in [4.78, 5) is 7.29. The first-order chi connectivity index (χ1) is 7.25. The lowest BCUT2D eigenvalue weighted by Crippen LogP contribution is -1.98. The van der Waals surface area contributed by atoms with E-state index in [1.807, 2.05) is 0 Å². The second-order valence-corrected chi connectivity index (χ2v) is 3.26. The number of nitrogens with zero attached hydrogens (tertiary/aromatic N) is 2. The van der Waals surface area contributed by atoms with Crippen LogP contribution in [0, 0.1) is 5.95 Å². The van der Waals surface area contributed by atoms with E-state index < -0.39 is 5.95 Å². The molecule has 76 valence electrons. The maximum Gasteiger partial charge on any atom is 0.255 e. The minimum atomic E-state index is -0.632. The molecule has 1 aromatic heterocycles. The Bertz CT molecular complexity index is 458. The quantitative estimate of drug-likeness (QED) is 0.851. The Hall–Kier alpha value is -1.68. The van der Waals surface area contributed by atoms with Crippen LogP contribution in [0.3, 0.4) is 0 Å². The van der Waals surface area contributed by atoms with E-state index in [0.29, 0.717) is 10.7 Å². The van der Waals surface area contributed by atoms with Gasteiger partial charge in [0.25, 0.3) is 5.95 Å². The van der Waals surface area contributed by atoms with Crippen LogP contribution in [0.1, 0.15) is 0 Å². The number of benzene rings is 1. The van der Waals surface area contributed by atoms with Gasteiger partial charge in [-0.05, 0) is 24.3 Å². The predicted octanol–water partition coefficient (Wildman–Crippen LogP) is 3.01. The number of anilines is 2. The third-order valence-corrected chi connectivity index (χ3v) is 2.01. The molecule has 2 aromatic rings. The summed E-state index contributed by atoms with van der Waals surface area (Å²) in [7, 11) is 0. The Morgan fingerprint density at radius 3 is 2.40 bits per heavy atom. The van der Waals surface area contributed by atoms with Crippen molar-refractivity contribution < 1.29 is 4.39 Å². The van der Waals surface area contributed by atoms with Crippen LogP contribution in [0.25, 0.3) is 0 Å². The molecule has 0 amide bonds. The molecule has 0 fully saturated rings. The van der Waals surface area contributed by atoms with Gasteiger partial charge in [0.05, 0.1) is 0 Å². The molecule has 1 heterocycles. The van der Waals surface area contributed by atoms with E-state index >= 15 is 0 Å². The summed E-state index contributed by atoms with van der Waals surface area (Å²) in [6.07, 6.45) is 2.71. The van der Waals surface area contributed by atoms with Gasteiger partial charge >= 0.3 is 0 Å². The van der Waals surface area contributed by atoms with Crippen molar-refractivity contribution in [1.82, 2.24) is 9.97 Å². The zero-order valence-electron chi connectivity index (χ0n) is 7.61. The van der Waals surface area contributed by atoms with Crippen LogP contribution in [0.15, 0.2) is 36.7 Å². The van der Waals surface area contributed by atoms with Crippen molar-refractivity contribution in [3.63, 3.8) is 0 Å². The van der Waals surface area contributed by atoms with E-state index in [1.54, 1.807) is 24.3 Å². The first-order valence-corrected chi connectivity index (χ1v) is 4.62. The van der Waals surface area contributed by atoms with Crippen LogP contribution in [-0.2, 0) is 0 Å². The first-order valence-electron chi connectivity index (χ1n) is 4.25. The van der Waals surface area contributed by atoms with Crippen LogP contribution < -0.4 is 5.32 Å². The molecule has 0 atom stereocenters. The Kier molecular flexibility index (Phi) is 2.78. The number of rotatable bonds is 2. The third kappa shape index (κ3) is 2.41. The van der Waals surface area contributed by atoms with E-state index in [0.717, 1.165) is 0 Å². The fraction of sp³-hybridized carbons (Fsp3) is 0. The Morgan fingerprint density at radius 1 is 1.07 bits per heavy atom. The normalized spacial score (nSPS) is 10.0. The lowest BCUT2D eigenvalue weighted by Gasteiger charge is -2.04. The minimum absolute atomic E-state index is 0.0971. The van der Waals surface area contributed by atoms with E-state index in [2.05, 4.69) is 15.3 Å². The SMILES string of the molecule is Fc1nccnc1Nc1ccc(Cl)cc1. The minimum Gasteiger partial charge on any atom is -0.336 e. The molecule has 0 spiro atoms. The van der Waals surface area contributed by atoms with Gasteiger partial charge in [0, 0.05) is 23.1 Å². The number of halogens is 2. The van der Waals surface area contributed by atoms with E-state index in [9.17, 15) is 4.39 Å². The monoisotopic (exact) mass is 223 g/mol. The van der Waals surface area contributed by atoms with Crippen LogP contribution >= 0.6 is 11.6 Å². The number of aromatic nitrogens is 2. The highest BCUT2D eigenvalue weighted by Crippen LogP contribution is 2.18. The van der Waals surface area contributed by atoms with Gasteiger partial charge < -0.3 is 5.32 Å². The summed E-state index contributed by atoms with van der Waals surface area (Å²) >= 11 is 5.72. The standard InChI is InChI=1S/C10H7ClFN3/c11-7-1-3-8(4-2-7)15-10-9(12)13-5-6-14-10/h1-6H,(H,14,15). The smallest absolute Gasteiger partial charge is 0.255 e. The fourth-order valence-corrected chi connectivity index (χ4v) is 1.20. The largest absolute Gasteiger partial charge is 0.336 e. The van der Waals surface area contributed by atoms with Gasteiger partial charge in [-0.1, -0.05) is 11.6 Å². The summed E-state index contributed by atoms with van der Waals surface area (Å²) in [5, 5.41) is 3.42. The second kappa shape index (κ2) is 4.23. The van der Waals surface area contributed by atoms with Crippen molar-refractivity contribution in [2.75, 3.05) is 5.32 Å². The number of nitrogens with one attached hydrogen (secondary N) is 1. The fourth-order valence-electron chi connectivity index (χ4n) is 1.07. The molecule has 1 N–H and O–H groups in total. The zero-order valence-corrected chi connectivity index (χ0v) is 8.37. The molecule has 0 aliphatic rings. The van der Waals surface area contributed by atoms with Gasteiger partial charge in [-0.15, -0.1) is 0 Å². The van der Waals surface area contributed by atoms with Crippen molar-refractivity contribution in [2.45, 2.75) is 0 Å². The molecule has 1 aromatic carbocycles. The molecule has 0 radical (unpaired) electrons. The second-order valence-electron chi connectivity index (χ2n) is 2.83. The molecule has 0 saturated heterocycles. The van der Waals surface area contributed by atoms with Gasteiger partial charge in [0.1, 0.15) is 0 Å². The number of hydrogen-bond acceptors (Lipinski definition) is 3. The summed E-state index contributed by atoms with van der Waals surface area (Å²) in [6, 6.07) is 6.88. The van der Waals surface area contributed by atoms with Crippen molar-refractivity contribution in [3.05, 3.63) is 47.6 Å². The summed E-state index contributed by atoms with van der Waals surface area (Å²) in [5.41, 5.74) is 0.707. The maximum absolute atomic E-state index is 13.1. The van der Waals surface area contributed by atoms with Gasteiger partial charge in [-0.3, -0.25) is 0 Å². The molecule has 0 saturated carbocycles. The third-order valence-electron chi connectivity index (χ3n) is 1.76. The van der Waals surface area contributed by atoms with Crippen LogP contribution in [-0.4, -0.2) is 9.97 Å². The average molecular weight is 224 g/mol. The van der Waals surface area contributed by atoms with Crippen molar-refractivity contribution >= 4 is 23.1 Å². The molecular weight excluding hydrogens is 217 g/mol. The highest BCUT2D eigenvalue weighted by molar-refractivity contribution is 6.30. The Balaban J connectivity index is 2.22. The topological polar surface area (TPSA) is 37.8 Å². The summed E-state index contributed by atoms with van der Waals surface area (Å²) < 4.78 is 13.1. The zero-order chi connectivity index (χ0) is 10.7. The van der Waals surface area contributed by atoms with Crippen LogP contribution in [0.2, 0.25) is 5.02 Å². The number of hydrogen-bond donors (Lipinski definition) is 1. The molecular formula is C10H7ClFN3. The maximum atomic E-state index is 13.1. The van der Waals surface area contributed by atoms with Crippen LogP contribution in [0.4, 0.5) is 15.9 Å². The molecule has 2 rings (SSSR count). The van der Waals surface area contributed by atoms with Crippen molar-refractivity contribution in [3.8, 4) is 0 Å². The summed E-state index contributed by atoms with van der Waals surface area (Å²) in [5.74, 6) is -0.535. The van der Waals surface area contributed by atoms with E-state index in [4.69, 9.17) is 11.6 Å². The van der Waals surface area contributed by atoms with Gasteiger partial charge in [-0.2, -0.15) is 4.39 Å². The average Bonchev–Trinajstić information content (AvgIpc) is 2.25. The highest BCUT2D eigenvalue weighted by Gasteiger charge is 2.03. The Labute approximate surface area is 90.9 Å². The van der Waals surface area contributed by atoms with Crippen molar-refractivity contribution in [1.29, 1.82) is 0 Å². The van der Waals surface area contributed by atoms with Gasteiger partial charge in [-0.25, -0.2) is 9.97 Å². The molecule has 3 nitrogen and oxygen atoms in total.